The van der Waals surface area contributed by atoms with Crippen LogP contribution in [0.3, 0.4) is 0 Å². The number of hydrogen-bond acceptors (Lipinski definition) is 5. The molecule has 31 heavy (non-hydrogen) atoms. The molecule has 0 spiro atoms. The minimum absolute atomic E-state index is 0.0515. The van der Waals surface area contributed by atoms with Crippen LogP contribution in [0.2, 0.25) is 0 Å². The summed E-state index contributed by atoms with van der Waals surface area (Å²) in [6.45, 7) is 0.912. The Bertz CT molecular complexity index is 1130. The van der Waals surface area contributed by atoms with Crippen molar-refractivity contribution in [3.05, 3.63) is 62.9 Å². The van der Waals surface area contributed by atoms with Gasteiger partial charge in [-0.2, -0.15) is 5.10 Å². The molecule has 1 fully saturated rings. The second-order valence-corrected chi connectivity index (χ2v) is 8.97. The highest BCUT2D eigenvalue weighted by Gasteiger charge is 2.35. The maximum Gasteiger partial charge on any atom is 0.261 e. The van der Waals surface area contributed by atoms with Gasteiger partial charge in [0.2, 0.25) is 0 Å². The van der Waals surface area contributed by atoms with Gasteiger partial charge in [-0.05, 0) is 78.1 Å². The molecule has 0 saturated carbocycles. The van der Waals surface area contributed by atoms with Crippen molar-refractivity contribution >= 4 is 45.3 Å². The number of aliphatic hydroxyl groups is 1. The SMILES string of the molecule is O=C1c2ccccc2C(=O)N1CCC(O)c1ccc2c(c1)c(I)nn2C1CCCCO1. The summed E-state index contributed by atoms with van der Waals surface area (Å²) in [4.78, 5) is 26.3. The van der Waals surface area contributed by atoms with Crippen LogP contribution in [0.15, 0.2) is 42.5 Å². The van der Waals surface area contributed by atoms with Gasteiger partial charge in [0.1, 0.15) is 3.70 Å². The van der Waals surface area contributed by atoms with Crippen molar-refractivity contribution in [1.29, 1.82) is 0 Å². The van der Waals surface area contributed by atoms with E-state index in [4.69, 9.17) is 4.74 Å². The first-order valence-electron chi connectivity index (χ1n) is 10.5. The standard InChI is InChI=1S/C23H22IN3O4/c24-21-17-13-14(8-9-18(17)27(25-21)20-7-3-4-12-31-20)19(28)10-11-26-22(29)15-5-1-2-6-16(15)23(26)30/h1-2,5-6,8-9,13,19-20,28H,3-4,7,10-12H2. The zero-order valence-corrected chi connectivity index (χ0v) is 19.0. The molecule has 1 N–H and O–H groups in total. The Morgan fingerprint density at radius 2 is 1.87 bits per heavy atom. The number of imide groups is 1. The number of nitrogens with zero attached hydrogens (tertiary/aromatic N) is 3. The maximum atomic E-state index is 12.5. The summed E-state index contributed by atoms with van der Waals surface area (Å²) >= 11 is 2.21. The van der Waals surface area contributed by atoms with Gasteiger partial charge in [0.15, 0.2) is 6.23 Å². The van der Waals surface area contributed by atoms with Gasteiger partial charge in [-0.1, -0.05) is 18.2 Å². The van der Waals surface area contributed by atoms with Crippen molar-refractivity contribution in [1.82, 2.24) is 14.7 Å². The fourth-order valence-corrected chi connectivity index (χ4v) is 4.99. The van der Waals surface area contributed by atoms with Crippen LogP contribution in [-0.4, -0.2) is 44.8 Å². The van der Waals surface area contributed by atoms with Gasteiger partial charge in [-0.3, -0.25) is 14.5 Å². The van der Waals surface area contributed by atoms with E-state index in [1.165, 1.54) is 4.90 Å². The van der Waals surface area contributed by atoms with Crippen molar-refractivity contribution < 1.29 is 19.4 Å². The number of rotatable bonds is 5. The molecule has 2 aromatic carbocycles. The highest BCUT2D eigenvalue weighted by Crippen LogP contribution is 2.31. The average molecular weight is 531 g/mol. The average Bonchev–Trinajstić information content (AvgIpc) is 3.26. The van der Waals surface area contributed by atoms with E-state index < -0.39 is 6.10 Å². The monoisotopic (exact) mass is 531 g/mol. The number of hydrogen-bond donors (Lipinski definition) is 1. The molecule has 0 aliphatic carbocycles. The number of carbonyl (C=O) groups is 2. The molecule has 2 unspecified atom stereocenters. The largest absolute Gasteiger partial charge is 0.388 e. The molecule has 7 nitrogen and oxygen atoms in total. The fraction of sp³-hybridized carbons (Fsp3) is 0.348. The Labute approximate surface area is 193 Å². The van der Waals surface area contributed by atoms with Crippen molar-refractivity contribution in [2.75, 3.05) is 13.2 Å². The van der Waals surface area contributed by atoms with Crippen LogP contribution in [0.4, 0.5) is 0 Å². The van der Waals surface area contributed by atoms with E-state index in [2.05, 4.69) is 27.7 Å². The molecule has 1 aromatic heterocycles. The molecular weight excluding hydrogens is 509 g/mol. The van der Waals surface area contributed by atoms with E-state index in [0.717, 1.165) is 46.0 Å². The second-order valence-electron chi connectivity index (χ2n) is 7.95. The summed E-state index contributed by atoms with van der Waals surface area (Å²) in [7, 11) is 0. The lowest BCUT2D eigenvalue weighted by atomic mass is 10.0. The van der Waals surface area contributed by atoms with Crippen molar-refractivity contribution in [3.8, 4) is 0 Å². The number of ether oxygens (including phenoxy) is 1. The summed E-state index contributed by atoms with van der Waals surface area (Å²) in [5.74, 6) is -0.599. The van der Waals surface area contributed by atoms with Crippen LogP contribution in [-0.2, 0) is 4.74 Å². The molecule has 0 radical (unpaired) electrons. The Hall–Kier alpha value is -2.30. The number of carbonyl (C=O) groups excluding carboxylic acids is 2. The van der Waals surface area contributed by atoms with Gasteiger partial charge in [-0.15, -0.1) is 0 Å². The van der Waals surface area contributed by atoms with Crippen LogP contribution >= 0.6 is 22.6 Å². The van der Waals surface area contributed by atoms with Crippen LogP contribution in [0.5, 0.6) is 0 Å². The summed E-state index contributed by atoms with van der Waals surface area (Å²) < 4.78 is 8.68. The molecule has 2 aliphatic heterocycles. The number of aliphatic hydroxyl groups excluding tert-OH is 1. The molecule has 8 heteroatoms. The molecule has 2 atom stereocenters. The van der Waals surface area contributed by atoms with Crippen LogP contribution < -0.4 is 0 Å². The Balaban J connectivity index is 1.32. The Morgan fingerprint density at radius 1 is 1.13 bits per heavy atom. The smallest absolute Gasteiger partial charge is 0.261 e. The minimum atomic E-state index is -0.793. The Morgan fingerprint density at radius 3 is 2.55 bits per heavy atom. The fourth-order valence-electron chi connectivity index (χ4n) is 4.32. The summed E-state index contributed by atoms with van der Waals surface area (Å²) in [5, 5.41) is 16.4. The van der Waals surface area contributed by atoms with Crippen LogP contribution in [0.1, 0.15) is 64.3 Å². The molecule has 5 rings (SSSR count). The van der Waals surface area contributed by atoms with E-state index in [1.54, 1.807) is 24.3 Å². The first kappa shape index (κ1) is 20.6. The van der Waals surface area contributed by atoms with Gasteiger partial charge >= 0.3 is 0 Å². The third kappa shape index (κ3) is 3.66. The quantitative estimate of drug-likeness (QED) is 0.397. The van der Waals surface area contributed by atoms with E-state index >= 15 is 0 Å². The zero-order valence-electron chi connectivity index (χ0n) is 16.8. The summed E-state index contributed by atoms with van der Waals surface area (Å²) in [5.41, 5.74) is 2.57. The number of amides is 2. The lowest BCUT2D eigenvalue weighted by molar-refractivity contribution is -0.0368. The second kappa shape index (κ2) is 8.33. The Kier molecular flexibility index (Phi) is 5.53. The van der Waals surface area contributed by atoms with Gasteiger partial charge in [-0.25, -0.2) is 4.68 Å². The van der Waals surface area contributed by atoms with Gasteiger partial charge in [0.05, 0.1) is 22.7 Å². The van der Waals surface area contributed by atoms with Crippen LogP contribution in [0, 0.1) is 3.70 Å². The molecule has 3 heterocycles. The van der Waals surface area contributed by atoms with Crippen molar-refractivity contribution in [2.24, 2.45) is 0 Å². The molecular formula is C23H22IN3O4. The highest BCUT2D eigenvalue weighted by atomic mass is 127. The molecule has 2 amide bonds. The normalized spacial score (nSPS) is 19.8. The predicted molar refractivity (Wildman–Crippen MR) is 123 cm³/mol. The number of halogens is 1. The molecule has 3 aromatic rings. The summed E-state index contributed by atoms with van der Waals surface area (Å²) in [6.07, 6.45) is 2.57. The number of benzene rings is 2. The third-order valence-electron chi connectivity index (χ3n) is 6.00. The topological polar surface area (TPSA) is 84.7 Å². The molecule has 0 bridgehead atoms. The third-order valence-corrected chi connectivity index (χ3v) is 6.80. The van der Waals surface area contributed by atoms with E-state index in [9.17, 15) is 14.7 Å². The molecule has 160 valence electrons. The summed E-state index contributed by atoms with van der Waals surface area (Å²) in [6, 6.07) is 12.6. The van der Waals surface area contributed by atoms with Crippen molar-refractivity contribution in [3.63, 3.8) is 0 Å². The predicted octanol–water partition coefficient (Wildman–Crippen LogP) is 4.06. The zero-order chi connectivity index (χ0) is 21.5. The van der Waals surface area contributed by atoms with E-state index in [-0.39, 0.29) is 31.0 Å². The van der Waals surface area contributed by atoms with Gasteiger partial charge < -0.3 is 9.84 Å². The first-order chi connectivity index (χ1) is 15.0. The molecule has 1 saturated heterocycles. The lowest BCUT2D eigenvalue weighted by Crippen LogP contribution is -2.31. The minimum Gasteiger partial charge on any atom is -0.388 e. The van der Waals surface area contributed by atoms with E-state index in [0.29, 0.717) is 11.1 Å². The van der Waals surface area contributed by atoms with Gasteiger partial charge in [0, 0.05) is 18.5 Å². The van der Waals surface area contributed by atoms with E-state index in [1.807, 2.05) is 22.9 Å². The highest BCUT2D eigenvalue weighted by molar-refractivity contribution is 14.1. The van der Waals surface area contributed by atoms with Crippen molar-refractivity contribution in [2.45, 2.75) is 38.0 Å². The number of fused-ring (bicyclic) bond motifs is 2. The molecule has 2 aliphatic rings. The number of aromatic nitrogens is 2. The van der Waals surface area contributed by atoms with Crippen LogP contribution in [0.25, 0.3) is 10.9 Å². The first-order valence-corrected chi connectivity index (χ1v) is 11.5. The van der Waals surface area contributed by atoms with Gasteiger partial charge in [0.25, 0.3) is 11.8 Å². The maximum absolute atomic E-state index is 12.5. The lowest BCUT2D eigenvalue weighted by Gasteiger charge is -2.23.